The molecular weight excluding hydrogens is 234 g/mol. The Balaban J connectivity index is 1.80. The zero-order valence-electron chi connectivity index (χ0n) is 11.4. The van der Waals surface area contributed by atoms with Crippen molar-refractivity contribution in [2.45, 2.75) is 76.7 Å². The van der Waals surface area contributed by atoms with Crippen LogP contribution in [0.25, 0.3) is 0 Å². The summed E-state index contributed by atoms with van der Waals surface area (Å²) in [5.41, 5.74) is 0. The van der Waals surface area contributed by atoms with Gasteiger partial charge in [-0.3, -0.25) is 0 Å². The maximum Gasteiger partial charge on any atom is 0.248 e. The molecule has 106 valence electrons. The predicted molar refractivity (Wildman–Crippen MR) is 68.7 cm³/mol. The van der Waals surface area contributed by atoms with E-state index >= 15 is 0 Å². The van der Waals surface area contributed by atoms with Gasteiger partial charge in [-0.15, -0.1) is 0 Å². The van der Waals surface area contributed by atoms with Crippen molar-refractivity contribution in [3.63, 3.8) is 0 Å². The SMILES string of the molecule is CCC1CCC(C(O)C2CCC(F)(F)CC2)CC1. The Morgan fingerprint density at radius 3 is 2.00 bits per heavy atom. The minimum absolute atomic E-state index is 0.0287. The van der Waals surface area contributed by atoms with Gasteiger partial charge >= 0.3 is 0 Å². The Hall–Kier alpha value is -0.180. The summed E-state index contributed by atoms with van der Waals surface area (Å²) in [5, 5.41) is 10.4. The summed E-state index contributed by atoms with van der Waals surface area (Å²) < 4.78 is 26.2. The molecular formula is C15H26F2O. The highest BCUT2D eigenvalue weighted by molar-refractivity contribution is 4.86. The summed E-state index contributed by atoms with van der Waals surface area (Å²) in [6, 6.07) is 0. The summed E-state index contributed by atoms with van der Waals surface area (Å²) >= 11 is 0. The molecule has 2 aliphatic carbocycles. The van der Waals surface area contributed by atoms with Gasteiger partial charge in [0.05, 0.1) is 6.10 Å². The first kappa shape index (κ1) is 14.2. The van der Waals surface area contributed by atoms with Crippen molar-refractivity contribution in [2.24, 2.45) is 17.8 Å². The lowest BCUT2D eigenvalue weighted by molar-refractivity contribution is -0.0737. The number of hydrogen-bond acceptors (Lipinski definition) is 1. The van der Waals surface area contributed by atoms with E-state index in [0.29, 0.717) is 18.8 Å². The van der Waals surface area contributed by atoms with Crippen molar-refractivity contribution in [1.29, 1.82) is 0 Å². The Labute approximate surface area is 109 Å². The van der Waals surface area contributed by atoms with Crippen LogP contribution in [0.15, 0.2) is 0 Å². The second kappa shape index (κ2) is 5.85. The smallest absolute Gasteiger partial charge is 0.248 e. The van der Waals surface area contributed by atoms with Gasteiger partial charge in [-0.25, -0.2) is 8.78 Å². The molecule has 0 aromatic rings. The Kier molecular flexibility index (Phi) is 4.63. The first-order valence-corrected chi connectivity index (χ1v) is 7.57. The zero-order chi connectivity index (χ0) is 13.2. The third kappa shape index (κ3) is 3.43. The highest BCUT2D eigenvalue weighted by Crippen LogP contribution is 2.41. The van der Waals surface area contributed by atoms with E-state index in [2.05, 4.69) is 6.92 Å². The summed E-state index contributed by atoms with van der Waals surface area (Å²) in [7, 11) is 0. The minimum atomic E-state index is -2.48. The lowest BCUT2D eigenvalue weighted by atomic mass is 9.72. The molecule has 1 N–H and O–H groups in total. The minimum Gasteiger partial charge on any atom is -0.393 e. The van der Waals surface area contributed by atoms with E-state index in [-0.39, 0.29) is 24.9 Å². The highest BCUT2D eigenvalue weighted by Gasteiger charge is 2.39. The van der Waals surface area contributed by atoms with Crippen molar-refractivity contribution in [3.05, 3.63) is 0 Å². The van der Waals surface area contributed by atoms with Crippen LogP contribution in [0.1, 0.15) is 64.7 Å². The summed E-state index contributed by atoms with van der Waals surface area (Å²) in [6.07, 6.45) is 6.45. The average Bonchev–Trinajstić information content (AvgIpc) is 2.38. The molecule has 0 spiro atoms. The van der Waals surface area contributed by atoms with E-state index < -0.39 is 5.92 Å². The molecule has 2 aliphatic rings. The Bertz CT molecular complexity index is 249. The number of aliphatic hydroxyl groups is 1. The predicted octanol–water partition coefficient (Wildman–Crippen LogP) is 4.39. The normalized spacial score (nSPS) is 35.3. The van der Waals surface area contributed by atoms with Gasteiger partial charge in [0.2, 0.25) is 5.92 Å². The van der Waals surface area contributed by atoms with E-state index in [1.165, 1.54) is 19.3 Å². The molecule has 2 rings (SSSR count). The van der Waals surface area contributed by atoms with Gasteiger partial charge in [-0.2, -0.15) is 0 Å². The number of hydrogen-bond donors (Lipinski definition) is 1. The molecule has 0 saturated heterocycles. The number of rotatable bonds is 3. The summed E-state index contributed by atoms with van der Waals surface area (Å²) in [6.45, 7) is 2.23. The number of aliphatic hydroxyl groups excluding tert-OH is 1. The van der Waals surface area contributed by atoms with Crippen LogP contribution >= 0.6 is 0 Å². The van der Waals surface area contributed by atoms with Crippen molar-refractivity contribution in [2.75, 3.05) is 0 Å². The fourth-order valence-corrected chi connectivity index (χ4v) is 3.73. The first-order chi connectivity index (χ1) is 8.52. The second-order valence-corrected chi connectivity index (χ2v) is 6.37. The monoisotopic (exact) mass is 260 g/mol. The van der Waals surface area contributed by atoms with Gasteiger partial charge in [0.25, 0.3) is 0 Å². The maximum absolute atomic E-state index is 13.1. The van der Waals surface area contributed by atoms with E-state index in [1.807, 2.05) is 0 Å². The molecule has 0 aromatic carbocycles. The Morgan fingerprint density at radius 1 is 1.00 bits per heavy atom. The van der Waals surface area contributed by atoms with Crippen LogP contribution < -0.4 is 0 Å². The third-order valence-corrected chi connectivity index (χ3v) is 5.20. The maximum atomic E-state index is 13.1. The first-order valence-electron chi connectivity index (χ1n) is 7.57. The Morgan fingerprint density at radius 2 is 1.50 bits per heavy atom. The van der Waals surface area contributed by atoms with Crippen molar-refractivity contribution >= 4 is 0 Å². The summed E-state index contributed by atoms with van der Waals surface area (Å²) in [5.74, 6) is -1.17. The standard InChI is InChI=1S/C15H26F2O/c1-2-11-3-5-12(6-4-11)14(18)13-7-9-15(16,17)10-8-13/h11-14,18H,2-10H2,1H3. The third-order valence-electron chi connectivity index (χ3n) is 5.20. The van der Waals surface area contributed by atoms with Crippen molar-refractivity contribution in [3.8, 4) is 0 Å². The molecule has 2 saturated carbocycles. The molecule has 3 heteroatoms. The van der Waals surface area contributed by atoms with Crippen molar-refractivity contribution < 1.29 is 13.9 Å². The van der Waals surface area contributed by atoms with E-state index in [0.717, 1.165) is 18.8 Å². The molecule has 0 aromatic heterocycles. The van der Waals surface area contributed by atoms with E-state index in [4.69, 9.17) is 0 Å². The van der Waals surface area contributed by atoms with Crippen LogP contribution in [0.3, 0.4) is 0 Å². The highest BCUT2D eigenvalue weighted by atomic mass is 19.3. The zero-order valence-corrected chi connectivity index (χ0v) is 11.4. The quantitative estimate of drug-likeness (QED) is 0.798. The average molecular weight is 260 g/mol. The molecule has 0 amide bonds. The summed E-state index contributed by atoms with van der Waals surface area (Å²) in [4.78, 5) is 0. The molecule has 1 nitrogen and oxygen atoms in total. The van der Waals surface area contributed by atoms with Gasteiger partial charge in [0.1, 0.15) is 0 Å². The fraction of sp³-hybridized carbons (Fsp3) is 1.00. The molecule has 0 heterocycles. The van der Waals surface area contributed by atoms with Crippen LogP contribution in [-0.2, 0) is 0 Å². The van der Waals surface area contributed by atoms with Gasteiger partial charge < -0.3 is 5.11 Å². The van der Waals surface area contributed by atoms with E-state index in [1.54, 1.807) is 0 Å². The fourth-order valence-electron chi connectivity index (χ4n) is 3.73. The lowest BCUT2D eigenvalue weighted by Gasteiger charge is -2.37. The van der Waals surface area contributed by atoms with Crippen LogP contribution in [0.2, 0.25) is 0 Å². The van der Waals surface area contributed by atoms with Gasteiger partial charge in [0, 0.05) is 12.8 Å². The molecule has 0 radical (unpaired) electrons. The van der Waals surface area contributed by atoms with Crippen molar-refractivity contribution in [1.82, 2.24) is 0 Å². The topological polar surface area (TPSA) is 20.2 Å². The largest absolute Gasteiger partial charge is 0.393 e. The van der Waals surface area contributed by atoms with Crippen LogP contribution in [0.4, 0.5) is 8.78 Å². The van der Waals surface area contributed by atoms with Crippen LogP contribution in [-0.4, -0.2) is 17.1 Å². The number of alkyl halides is 2. The number of halogens is 2. The molecule has 1 unspecified atom stereocenters. The lowest BCUT2D eigenvalue weighted by Crippen LogP contribution is -2.36. The molecule has 0 bridgehead atoms. The van der Waals surface area contributed by atoms with Crippen LogP contribution in [0, 0.1) is 17.8 Å². The van der Waals surface area contributed by atoms with Crippen LogP contribution in [0.5, 0.6) is 0 Å². The molecule has 2 fully saturated rings. The molecule has 0 aliphatic heterocycles. The van der Waals surface area contributed by atoms with Gasteiger partial charge in [0.15, 0.2) is 0 Å². The van der Waals surface area contributed by atoms with Gasteiger partial charge in [-0.1, -0.05) is 26.2 Å². The molecule has 1 atom stereocenters. The van der Waals surface area contributed by atoms with E-state index in [9.17, 15) is 13.9 Å². The molecule has 18 heavy (non-hydrogen) atoms. The van der Waals surface area contributed by atoms with Gasteiger partial charge in [-0.05, 0) is 43.4 Å². The second-order valence-electron chi connectivity index (χ2n) is 6.37.